The van der Waals surface area contributed by atoms with Crippen LogP contribution in [0.1, 0.15) is 36.4 Å². The zero-order valence-electron chi connectivity index (χ0n) is 10.4. The molecule has 1 aromatic carbocycles. The van der Waals surface area contributed by atoms with E-state index in [1.165, 1.54) is 36.1 Å². The molecule has 3 heteroatoms. The van der Waals surface area contributed by atoms with E-state index in [2.05, 4.69) is 17.6 Å². The zero-order valence-corrected chi connectivity index (χ0v) is 11.2. The van der Waals surface area contributed by atoms with Crippen molar-refractivity contribution in [3.8, 4) is 5.75 Å². The summed E-state index contributed by atoms with van der Waals surface area (Å²) in [5.41, 5.74) is 2.71. The molecule has 0 aromatic heterocycles. The van der Waals surface area contributed by atoms with E-state index in [1.807, 2.05) is 17.8 Å². The molecule has 0 fully saturated rings. The number of fused-ring (bicyclic) bond motifs is 1. The van der Waals surface area contributed by atoms with E-state index in [0.717, 1.165) is 13.0 Å². The lowest BCUT2D eigenvalue weighted by atomic mass is 9.87. The summed E-state index contributed by atoms with van der Waals surface area (Å²) in [6, 6.07) is 6.24. The third kappa shape index (κ3) is 3.39. The SMILES string of the molecule is CSCCCNC1CCCc2ccc(O)cc21. The lowest BCUT2D eigenvalue weighted by Crippen LogP contribution is -2.26. The highest BCUT2D eigenvalue weighted by molar-refractivity contribution is 7.98. The molecule has 17 heavy (non-hydrogen) atoms. The first-order chi connectivity index (χ1) is 8.31. The molecule has 2 nitrogen and oxygen atoms in total. The van der Waals surface area contributed by atoms with Crippen molar-refractivity contribution in [3.63, 3.8) is 0 Å². The molecule has 1 atom stereocenters. The Morgan fingerprint density at radius 3 is 3.18 bits per heavy atom. The fraction of sp³-hybridized carbons (Fsp3) is 0.571. The van der Waals surface area contributed by atoms with Crippen LogP contribution in [0.5, 0.6) is 5.75 Å². The lowest BCUT2D eigenvalue weighted by molar-refractivity contribution is 0.447. The maximum Gasteiger partial charge on any atom is 0.115 e. The van der Waals surface area contributed by atoms with Gasteiger partial charge in [-0.15, -0.1) is 0 Å². The molecular weight excluding hydrogens is 230 g/mol. The number of aryl methyl sites for hydroxylation is 1. The fourth-order valence-corrected chi connectivity index (χ4v) is 2.92. The minimum absolute atomic E-state index is 0.390. The van der Waals surface area contributed by atoms with Crippen LogP contribution in [0, 0.1) is 0 Å². The molecule has 0 amide bonds. The highest BCUT2D eigenvalue weighted by Crippen LogP contribution is 2.31. The highest BCUT2D eigenvalue weighted by atomic mass is 32.2. The third-order valence-corrected chi connectivity index (χ3v) is 4.06. The van der Waals surface area contributed by atoms with E-state index >= 15 is 0 Å². The molecule has 2 N–H and O–H groups in total. The summed E-state index contributed by atoms with van der Waals surface area (Å²) >= 11 is 1.90. The third-order valence-electron chi connectivity index (χ3n) is 3.36. The van der Waals surface area contributed by atoms with Gasteiger partial charge in [-0.2, -0.15) is 11.8 Å². The number of phenolic OH excluding ortho intramolecular Hbond substituents is 1. The second-order valence-corrected chi connectivity index (χ2v) is 5.61. The van der Waals surface area contributed by atoms with Gasteiger partial charge in [-0.1, -0.05) is 6.07 Å². The number of rotatable bonds is 5. The molecule has 1 aliphatic rings. The van der Waals surface area contributed by atoms with Gasteiger partial charge in [0.1, 0.15) is 5.75 Å². The summed E-state index contributed by atoms with van der Waals surface area (Å²) in [6.45, 7) is 1.07. The van der Waals surface area contributed by atoms with Gasteiger partial charge in [-0.05, 0) is 67.5 Å². The summed E-state index contributed by atoms with van der Waals surface area (Å²) in [5, 5.41) is 13.2. The Labute approximate surface area is 108 Å². The molecule has 0 aliphatic heterocycles. The van der Waals surface area contributed by atoms with Crippen LogP contribution < -0.4 is 5.32 Å². The van der Waals surface area contributed by atoms with Crippen LogP contribution in [0.4, 0.5) is 0 Å². The van der Waals surface area contributed by atoms with Crippen LogP contribution in [0.25, 0.3) is 0 Å². The Kier molecular flexibility index (Phi) is 4.75. The molecular formula is C14H21NOS. The minimum Gasteiger partial charge on any atom is -0.508 e. The van der Waals surface area contributed by atoms with E-state index in [4.69, 9.17) is 0 Å². The normalized spacial score (nSPS) is 19.0. The predicted molar refractivity (Wildman–Crippen MR) is 74.8 cm³/mol. The van der Waals surface area contributed by atoms with E-state index < -0.39 is 0 Å². The van der Waals surface area contributed by atoms with Crippen LogP contribution in [0.15, 0.2) is 18.2 Å². The van der Waals surface area contributed by atoms with E-state index in [-0.39, 0.29) is 0 Å². The summed E-state index contributed by atoms with van der Waals surface area (Å²) in [5.74, 6) is 1.61. The van der Waals surface area contributed by atoms with Crippen molar-refractivity contribution >= 4 is 11.8 Å². The Morgan fingerprint density at radius 2 is 2.35 bits per heavy atom. The van der Waals surface area contributed by atoms with Crippen LogP contribution >= 0.6 is 11.8 Å². The van der Waals surface area contributed by atoms with Crippen LogP contribution in [-0.2, 0) is 6.42 Å². The Hall–Kier alpha value is -0.670. The van der Waals surface area contributed by atoms with E-state index in [0.29, 0.717) is 11.8 Å². The van der Waals surface area contributed by atoms with Gasteiger partial charge < -0.3 is 10.4 Å². The van der Waals surface area contributed by atoms with Gasteiger partial charge in [-0.25, -0.2) is 0 Å². The number of hydrogen-bond donors (Lipinski definition) is 2. The Bertz CT molecular complexity index is 367. The van der Waals surface area contributed by atoms with Gasteiger partial charge in [0.15, 0.2) is 0 Å². The van der Waals surface area contributed by atoms with Gasteiger partial charge in [0.05, 0.1) is 0 Å². The summed E-state index contributed by atoms with van der Waals surface area (Å²) in [6.07, 6.45) is 6.95. The van der Waals surface area contributed by atoms with E-state index in [9.17, 15) is 5.11 Å². The largest absolute Gasteiger partial charge is 0.508 e. The molecule has 2 rings (SSSR count). The van der Waals surface area contributed by atoms with E-state index in [1.54, 1.807) is 6.07 Å². The monoisotopic (exact) mass is 251 g/mol. The van der Waals surface area contributed by atoms with Crippen LogP contribution in [0.3, 0.4) is 0 Å². The van der Waals surface area contributed by atoms with Crippen molar-refractivity contribution in [2.24, 2.45) is 0 Å². The van der Waals surface area contributed by atoms with Gasteiger partial charge in [-0.3, -0.25) is 0 Å². The average molecular weight is 251 g/mol. The van der Waals surface area contributed by atoms with Gasteiger partial charge in [0.25, 0.3) is 0 Å². The Balaban J connectivity index is 1.98. The quantitative estimate of drug-likeness (QED) is 0.789. The smallest absolute Gasteiger partial charge is 0.115 e. The number of nitrogens with one attached hydrogen (secondary N) is 1. The van der Waals surface area contributed by atoms with Gasteiger partial charge in [0.2, 0.25) is 0 Å². The van der Waals surface area contributed by atoms with Gasteiger partial charge >= 0.3 is 0 Å². The van der Waals surface area contributed by atoms with Gasteiger partial charge in [0, 0.05) is 6.04 Å². The Morgan fingerprint density at radius 1 is 1.47 bits per heavy atom. The molecule has 1 aliphatic carbocycles. The predicted octanol–water partition coefficient (Wildman–Crippen LogP) is 3.11. The van der Waals surface area contributed by atoms with Crippen molar-refractivity contribution in [2.45, 2.75) is 31.7 Å². The number of aromatic hydroxyl groups is 1. The zero-order chi connectivity index (χ0) is 12.1. The van der Waals surface area contributed by atoms with Crippen molar-refractivity contribution in [3.05, 3.63) is 29.3 Å². The van der Waals surface area contributed by atoms with Crippen molar-refractivity contribution in [1.29, 1.82) is 0 Å². The first-order valence-corrected chi connectivity index (χ1v) is 7.75. The van der Waals surface area contributed by atoms with Crippen molar-refractivity contribution in [1.82, 2.24) is 5.32 Å². The number of hydrogen-bond acceptors (Lipinski definition) is 3. The molecule has 1 unspecified atom stereocenters. The van der Waals surface area contributed by atoms with Crippen molar-refractivity contribution < 1.29 is 5.11 Å². The van der Waals surface area contributed by atoms with Crippen LogP contribution in [-0.4, -0.2) is 23.7 Å². The molecule has 0 radical (unpaired) electrons. The fourth-order valence-electron chi connectivity index (χ4n) is 2.49. The molecule has 0 bridgehead atoms. The first kappa shape index (κ1) is 12.8. The maximum atomic E-state index is 9.58. The molecule has 0 spiro atoms. The minimum atomic E-state index is 0.390. The molecule has 94 valence electrons. The maximum absolute atomic E-state index is 9.58. The summed E-state index contributed by atoms with van der Waals surface area (Å²) in [7, 11) is 0. The number of thioether (sulfide) groups is 1. The molecule has 0 saturated heterocycles. The molecule has 1 aromatic rings. The molecule has 0 heterocycles. The molecule has 0 saturated carbocycles. The lowest BCUT2D eigenvalue weighted by Gasteiger charge is -2.26. The summed E-state index contributed by atoms with van der Waals surface area (Å²) in [4.78, 5) is 0. The van der Waals surface area contributed by atoms with Crippen LogP contribution in [0.2, 0.25) is 0 Å². The van der Waals surface area contributed by atoms with Crippen molar-refractivity contribution in [2.75, 3.05) is 18.6 Å². The standard InChI is InChI=1S/C14H21NOS/c1-17-9-3-8-15-14-5-2-4-11-6-7-12(16)10-13(11)14/h6-7,10,14-16H,2-5,8-9H2,1H3. The first-order valence-electron chi connectivity index (χ1n) is 6.35. The number of phenols is 1. The second-order valence-electron chi connectivity index (χ2n) is 4.63. The average Bonchev–Trinajstić information content (AvgIpc) is 2.35. The number of benzene rings is 1. The highest BCUT2D eigenvalue weighted by Gasteiger charge is 2.19. The topological polar surface area (TPSA) is 32.3 Å². The second kappa shape index (κ2) is 6.31. The summed E-state index contributed by atoms with van der Waals surface area (Å²) < 4.78 is 0.